The third-order valence-electron chi connectivity index (χ3n) is 4.11. The lowest BCUT2D eigenvalue weighted by atomic mass is 10.0. The lowest BCUT2D eigenvalue weighted by Gasteiger charge is -2.15. The van der Waals surface area contributed by atoms with E-state index >= 15 is 0 Å². The van der Waals surface area contributed by atoms with Gasteiger partial charge in [-0.1, -0.05) is 30.3 Å². The number of carboxylic acids is 1. The number of hydrogen-bond donors (Lipinski definition) is 4. The van der Waals surface area contributed by atoms with Crippen LogP contribution in [0, 0.1) is 0 Å². The maximum absolute atomic E-state index is 12.4. The number of aromatic hydroxyl groups is 1. The molecule has 0 saturated carbocycles. The first-order chi connectivity index (χ1) is 12.9. The summed E-state index contributed by atoms with van der Waals surface area (Å²) in [5.74, 6) is -1.62. The van der Waals surface area contributed by atoms with Gasteiger partial charge in [-0.05, 0) is 23.8 Å². The van der Waals surface area contributed by atoms with Crippen molar-refractivity contribution >= 4 is 22.6 Å². The fourth-order valence-electron chi connectivity index (χ4n) is 2.77. The van der Waals surface area contributed by atoms with Crippen LogP contribution in [0.15, 0.2) is 53.3 Å². The molecule has 27 heavy (non-hydrogen) atoms. The number of nitrogens with one attached hydrogen (secondary N) is 2. The topological polar surface area (TPSA) is 132 Å². The normalized spacial score (nSPS) is 11.9. The molecule has 0 fully saturated rings. The third kappa shape index (κ3) is 4.30. The first-order valence-corrected chi connectivity index (χ1v) is 8.20. The van der Waals surface area contributed by atoms with Crippen LogP contribution >= 0.6 is 0 Å². The van der Waals surface area contributed by atoms with Crippen molar-refractivity contribution in [3.8, 4) is 5.75 Å². The van der Waals surface area contributed by atoms with Crippen molar-refractivity contribution in [2.75, 3.05) is 0 Å². The van der Waals surface area contributed by atoms with E-state index in [-0.39, 0.29) is 24.2 Å². The van der Waals surface area contributed by atoms with Gasteiger partial charge in [0.15, 0.2) is 0 Å². The van der Waals surface area contributed by atoms with Gasteiger partial charge in [0.2, 0.25) is 5.91 Å². The van der Waals surface area contributed by atoms with Crippen LogP contribution in [0.1, 0.15) is 11.3 Å². The highest BCUT2D eigenvalue weighted by Gasteiger charge is 2.21. The van der Waals surface area contributed by atoms with Gasteiger partial charge in [0.05, 0.1) is 17.5 Å². The van der Waals surface area contributed by atoms with E-state index < -0.39 is 17.9 Å². The largest absolute Gasteiger partial charge is 0.508 e. The molecule has 2 aromatic carbocycles. The number of phenols is 1. The molecule has 0 aliphatic heterocycles. The Morgan fingerprint density at radius 1 is 1.07 bits per heavy atom. The van der Waals surface area contributed by atoms with Gasteiger partial charge in [-0.2, -0.15) is 5.10 Å². The molecular formula is C19H17N3O5. The molecule has 0 radical (unpaired) electrons. The molecule has 3 rings (SSSR count). The molecule has 1 atom stereocenters. The second-order valence-electron chi connectivity index (χ2n) is 6.05. The number of carboxylic acid groups (broad SMARTS) is 1. The molecular weight excluding hydrogens is 350 g/mol. The number of phenolic OH excluding ortho intramolecular Hbond substituents is 1. The Hall–Kier alpha value is -3.68. The number of fused-ring (bicyclic) bond motifs is 1. The highest BCUT2D eigenvalue weighted by atomic mass is 16.4. The standard InChI is InChI=1S/C19H17N3O5/c23-12-7-5-11(6-8-12)9-16(19(26)27)20-17(24)10-15-13-3-1-2-4-14(13)18(25)22-21-15/h1-8,16,23H,9-10H2,(H,20,24)(H,22,25)(H,26,27). The van der Waals surface area contributed by atoms with Gasteiger partial charge < -0.3 is 15.5 Å². The minimum atomic E-state index is -1.17. The van der Waals surface area contributed by atoms with Crippen molar-refractivity contribution in [2.45, 2.75) is 18.9 Å². The average molecular weight is 367 g/mol. The molecule has 1 amide bonds. The van der Waals surface area contributed by atoms with Crippen LogP contribution in [-0.2, 0) is 22.4 Å². The molecule has 0 spiro atoms. The molecule has 8 nitrogen and oxygen atoms in total. The van der Waals surface area contributed by atoms with Crippen molar-refractivity contribution in [1.82, 2.24) is 15.5 Å². The van der Waals surface area contributed by atoms with Crippen LogP contribution in [0.4, 0.5) is 0 Å². The maximum Gasteiger partial charge on any atom is 0.326 e. The third-order valence-corrected chi connectivity index (χ3v) is 4.11. The monoisotopic (exact) mass is 367 g/mol. The van der Waals surface area contributed by atoms with E-state index in [9.17, 15) is 24.6 Å². The summed E-state index contributed by atoms with van der Waals surface area (Å²) in [7, 11) is 0. The number of nitrogens with zero attached hydrogens (tertiary/aromatic N) is 1. The molecule has 0 saturated heterocycles. The number of aromatic amines is 1. The number of aromatic nitrogens is 2. The Labute approximate surface area is 153 Å². The zero-order valence-corrected chi connectivity index (χ0v) is 14.2. The second kappa shape index (κ2) is 7.69. The number of H-pyrrole nitrogens is 1. The zero-order valence-electron chi connectivity index (χ0n) is 14.2. The first-order valence-electron chi connectivity index (χ1n) is 8.20. The van der Waals surface area contributed by atoms with Gasteiger partial charge in [0.25, 0.3) is 5.56 Å². The lowest BCUT2D eigenvalue weighted by molar-refractivity contribution is -0.141. The minimum absolute atomic E-state index is 0.0706. The molecule has 1 heterocycles. The van der Waals surface area contributed by atoms with Gasteiger partial charge in [0, 0.05) is 11.8 Å². The number of benzene rings is 2. The molecule has 8 heteroatoms. The van der Waals surface area contributed by atoms with Gasteiger partial charge in [-0.15, -0.1) is 0 Å². The summed E-state index contributed by atoms with van der Waals surface area (Å²) < 4.78 is 0. The first kappa shape index (κ1) is 18.1. The Morgan fingerprint density at radius 2 is 1.74 bits per heavy atom. The molecule has 3 aromatic rings. The zero-order chi connectivity index (χ0) is 19.4. The van der Waals surface area contributed by atoms with E-state index in [0.29, 0.717) is 22.0 Å². The number of rotatable bonds is 6. The number of aliphatic carboxylic acids is 1. The second-order valence-corrected chi connectivity index (χ2v) is 6.05. The SMILES string of the molecule is O=C(Cc1n[nH]c(=O)c2ccccc12)NC(Cc1ccc(O)cc1)C(=O)O. The number of carbonyl (C=O) groups is 2. The summed E-state index contributed by atoms with van der Waals surface area (Å²) in [6, 6.07) is 11.7. The summed E-state index contributed by atoms with van der Waals surface area (Å²) in [6.45, 7) is 0. The maximum atomic E-state index is 12.4. The fourth-order valence-corrected chi connectivity index (χ4v) is 2.77. The number of carbonyl (C=O) groups excluding carboxylic acids is 1. The van der Waals surface area contributed by atoms with Crippen molar-refractivity contribution in [2.24, 2.45) is 0 Å². The van der Waals surface area contributed by atoms with E-state index in [1.54, 1.807) is 36.4 Å². The van der Waals surface area contributed by atoms with Crippen molar-refractivity contribution in [3.63, 3.8) is 0 Å². The van der Waals surface area contributed by atoms with Crippen LogP contribution in [0.25, 0.3) is 10.8 Å². The van der Waals surface area contributed by atoms with Crippen molar-refractivity contribution in [1.29, 1.82) is 0 Å². The highest BCUT2D eigenvalue weighted by molar-refractivity contribution is 5.90. The lowest BCUT2D eigenvalue weighted by Crippen LogP contribution is -2.43. The fraction of sp³-hybridized carbons (Fsp3) is 0.158. The smallest absolute Gasteiger partial charge is 0.326 e. The summed E-state index contributed by atoms with van der Waals surface area (Å²) in [6.07, 6.45) is -0.0994. The van der Waals surface area contributed by atoms with E-state index in [1.165, 1.54) is 12.1 Å². The van der Waals surface area contributed by atoms with Gasteiger partial charge in [0.1, 0.15) is 11.8 Å². The molecule has 0 aliphatic carbocycles. The quantitative estimate of drug-likeness (QED) is 0.513. The van der Waals surface area contributed by atoms with Gasteiger partial charge >= 0.3 is 5.97 Å². The summed E-state index contributed by atoms with van der Waals surface area (Å²) in [4.78, 5) is 35.6. The summed E-state index contributed by atoms with van der Waals surface area (Å²) in [5, 5.41) is 28.4. The van der Waals surface area contributed by atoms with Crippen molar-refractivity contribution in [3.05, 3.63) is 70.1 Å². The minimum Gasteiger partial charge on any atom is -0.508 e. The van der Waals surface area contributed by atoms with Gasteiger partial charge in [-0.25, -0.2) is 9.89 Å². The summed E-state index contributed by atoms with van der Waals surface area (Å²) in [5.41, 5.74) is 0.662. The van der Waals surface area contributed by atoms with Gasteiger partial charge in [-0.3, -0.25) is 9.59 Å². The van der Waals surface area contributed by atoms with Crippen LogP contribution in [0.2, 0.25) is 0 Å². The predicted octanol–water partition coefficient (Wildman–Crippen LogP) is 0.983. The van der Waals surface area contributed by atoms with E-state index in [1.807, 2.05) is 0 Å². The van der Waals surface area contributed by atoms with E-state index in [0.717, 1.165) is 0 Å². The molecule has 0 bridgehead atoms. The van der Waals surface area contributed by atoms with Crippen LogP contribution in [0.3, 0.4) is 0 Å². The van der Waals surface area contributed by atoms with Crippen LogP contribution in [-0.4, -0.2) is 38.3 Å². The number of hydrogen-bond acceptors (Lipinski definition) is 5. The Balaban J connectivity index is 1.75. The molecule has 4 N–H and O–H groups in total. The summed E-state index contributed by atoms with van der Waals surface area (Å²) >= 11 is 0. The highest BCUT2D eigenvalue weighted by Crippen LogP contribution is 2.14. The molecule has 138 valence electrons. The van der Waals surface area contributed by atoms with Crippen molar-refractivity contribution < 1.29 is 19.8 Å². The van der Waals surface area contributed by atoms with Crippen LogP contribution in [0.5, 0.6) is 5.75 Å². The van der Waals surface area contributed by atoms with Crippen LogP contribution < -0.4 is 10.9 Å². The predicted molar refractivity (Wildman–Crippen MR) is 97.4 cm³/mol. The van der Waals surface area contributed by atoms with E-state index in [2.05, 4.69) is 15.5 Å². The number of amides is 1. The average Bonchev–Trinajstić information content (AvgIpc) is 2.65. The molecule has 0 aliphatic rings. The Kier molecular flexibility index (Phi) is 5.16. The molecule has 1 aromatic heterocycles. The van der Waals surface area contributed by atoms with E-state index in [4.69, 9.17) is 0 Å². The Morgan fingerprint density at radius 3 is 2.41 bits per heavy atom. The Bertz CT molecular complexity index is 1040. The molecule has 1 unspecified atom stereocenters.